The van der Waals surface area contributed by atoms with E-state index in [1.807, 2.05) is 0 Å². The van der Waals surface area contributed by atoms with Crippen molar-refractivity contribution >= 4 is 39.1 Å². The molecule has 3 amide bonds. The number of sulfonamides is 1. The van der Waals surface area contributed by atoms with Crippen molar-refractivity contribution in [1.82, 2.24) is 9.62 Å². The molecule has 10 heteroatoms. The molecule has 158 valence electrons. The molecule has 0 spiro atoms. The lowest BCUT2D eigenvalue weighted by molar-refractivity contribution is -0.130. The summed E-state index contributed by atoms with van der Waals surface area (Å²) in [4.78, 5) is 35.9. The van der Waals surface area contributed by atoms with Gasteiger partial charge in [-0.15, -0.1) is 0 Å². The van der Waals surface area contributed by atoms with E-state index in [2.05, 4.69) is 16.0 Å². The molecule has 0 bridgehead atoms. The van der Waals surface area contributed by atoms with E-state index in [9.17, 15) is 22.8 Å². The van der Waals surface area contributed by atoms with Crippen molar-refractivity contribution in [3.8, 4) is 0 Å². The molecule has 1 aliphatic rings. The molecule has 9 nitrogen and oxygen atoms in total. The Morgan fingerprint density at radius 2 is 1.67 bits per heavy atom. The van der Waals surface area contributed by atoms with E-state index in [4.69, 9.17) is 0 Å². The monoisotopic (exact) mass is 430 g/mol. The predicted molar refractivity (Wildman–Crippen MR) is 111 cm³/mol. The Balaban J connectivity index is 1.79. The van der Waals surface area contributed by atoms with E-state index in [1.54, 1.807) is 30.3 Å². The smallest absolute Gasteiger partial charge is 0.243 e. The summed E-state index contributed by atoms with van der Waals surface area (Å²) in [5.74, 6) is -1.27. The first-order chi connectivity index (χ1) is 14.3. The Morgan fingerprint density at radius 1 is 1.03 bits per heavy atom. The van der Waals surface area contributed by atoms with Gasteiger partial charge in [0.05, 0.1) is 11.3 Å². The molecule has 1 atom stereocenters. The molecular weight excluding hydrogens is 408 g/mol. The summed E-state index contributed by atoms with van der Waals surface area (Å²) in [5.41, 5.74) is 1.01. The van der Waals surface area contributed by atoms with Gasteiger partial charge in [-0.1, -0.05) is 18.2 Å². The van der Waals surface area contributed by atoms with Crippen molar-refractivity contribution < 1.29 is 22.8 Å². The Kier molecular flexibility index (Phi) is 6.48. The summed E-state index contributed by atoms with van der Waals surface area (Å²) in [5, 5.41) is 7.84. The zero-order chi connectivity index (χ0) is 21.7. The third-order valence-electron chi connectivity index (χ3n) is 4.50. The van der Waals surface area contributed by atoms with E-state index in [0.717, 1.165) is 4.31 Å². The van der Waals surface area contributed by atoms with Crippen molar-refractivity contribution in [3.63, 3.8) is 0 Å². The molecule has 0 aliphatic carbocycles. The highest BCUT2D eigenvalue weighted by Gasteiger charge is 2.39. The summed E-state index contributed by atoms with van der Waals surface area (Å²) < 4.78 is 27.3. The number of nitrogens with one attached hydrogen (secondary N) is 3. The van der Waals surface area contributed by atoms with E-state index in [1.165, 1.54) is 31.2 Å². The maximum atomic E-state index is 13.1. The average molecular weight is 430 g/mol. The second kappa shape index (κ2) is 9.06. The van der Waals surface area contributed by atoms with Gasteiger partial charge in [0.2, 0.25) is 27.7 Å². The number of carbonyl (C=O) groups is 3. The van der Waals surface area contributed by atoms with Crippen molar-refractivity contribution in [2.45, 2.75) is 24.3 Å². The van der Waals surface area contributed by atoms with Crippen LogP contribution in [0.2, 0.25) is 0 Å². The fourth-order valence-electron chi connectivity index (χ4n) is 3.13. The lowest BCUT2D eigenvalue weighted by atomic mass is 10.1. The molecule has 30 heavy (non-hydrogen) atoms. The van der Waals surface area contributed by atoms with Gasteiger partial charge in [-0.3, -0.25) is 14.4 Å². The predicted octanol–water partition coefficient (Wildman–Crippen LogP) is 1.16. The van der Waals surface area contributed by atoms with Crippen molar-refractivity contribution in [2.75, 3.05) is 23.7 Å². The first-order valence-corrected chi connectivity index (χ1v) is 10.7. The minimum Gasteiger partial charge on any atom is -0.353 e. The van der Waals surface area contributed by atoms with Crippen molar-refractivity contribution in [1.29, 1.82) is 0 Å². The molecule has 3 rings (SSSR count). The largest absolute Gasteiger partial charge is 0.353 e. The Labute approximate surface area is 174 Å². The number of piperazine rings is 1. The second-order valence-corrected chi connectivity index (χ2v) is 8.64. The molecule has 1 saturated heterocycles. The van der Waals surface area contributed by atoms with Crippen LogP contribution < -0.4 is 16.0 Å². The number of benzene rings is 2. The van der Waals surface area contributed by atoms with E-state index >= 15 is 0 Å². The first kappa shape index (κ1) is 21.5. The highest BCUT2D eigenvalue weighted by Crippen LogP contribution is 2.23. The molecule has 1 heterocycles. The summed E-state index contributed by atoms with van der Waals surface area (Å²) in [7, 11) is -4.03. The summed E-state index contributed by atoms with van der Waals surface area (Å²) in [6.07, 6.45) is -0.316. The van der Waals surface area contributed by atoms with Crippen molar-refractivity contribution in [3.05, 3.63) is 54.6 Å². The average Bonchev–Trinajstić information content (AvgIpc) is 2.70. The summed E-state index contributed by atoms with van der Waals surface area (Å²) in [6, 6.07) is 13.2. The number of amides is 3. The van der Waals surface area contributed by atoms with Crippen molar-refractivity contribution in [2.24, 2.45) is 0 Å². The topological polar surface area (TPSA) is 125 Å². The van der Waals surface area contributed by atoms with Crippen LogP contribution in [0.5, 0.6) is 0 Å². The van der Waals surface area contributed by atoms with Gasteiger partial charge in [-0.2, -0.15) is 4.31 Å². The quantitative estimate of drug-likeness (QED) is 0.634. The fraction of sp³-hybridized carbons (Fsp3) is 0.250. The third-order valence-corrected chi connectivity index (χ3v) is 6.42. The number of para-hydroxylation sites is 1. The zero-order valence-electron chi connectivity index (χ0n) is 16.3. The molecule has 0 aromatic heterocycles. The van der Waals surface area contributed by atoms with Crippen LogP contribution in [0, 0.1) is 0 Å². The zero-order valence-corrected chi connectivity index (χ0v) is 17.1. The van der Waals surface area contributed by atoms with Crippen LogP contribution in [0.25, 0.3) is 0 Å². The van der Waals surface area contributed by atoms with Gasteiger partial charge in [0.25, 0.3) is 0 Å². The Bertz CT molecular complexity index is 1040. The van der Waals surface area contributed by atoms with E-state index in [-0.39, 0.29) is 30.3 Å². The number of hydrogen-bond acceptors (Lipinski definition) is 5. The third kappa shape index (κ3) is 5.02. The van der Waals surface area contributed by atoms with Crippen LogP contribution in [0.3, 0.4) is 0 Å². The molecule has 0 radical (unpaired) electrons. The number of nitrogens with zero attached hydrogens (tertiary/aromatic N) is 1. The fourth-order valence-corrected chi connectivity index (χ4v) is 4.72. The number of carbonyl (C=O) groups excluding carboxylic acids is 3. The van der Waals surface area contributed by atoms with Gasteiger partial charge in [-0.25, -0.2) is 8.42 Å². The van der Waals surface area contributed by atoms with Crippen LogP contribution in [-0.2, 0) is 24.4 Å². The standard InChI is InChI=1S/C20H22N4O5S/c1-14(25)22-16-7-9-17(10-8-16)30(28,29)24-12-11-21-20(27)18(24)13-19(26)23-15-5-3-2-4-6-15/h2-10,18H,11-13H2,1H3,(H,21,27)(H,22,25)(H,23,26). The molecule has 1 unspecified atom stereocenters. The number of anilines is 2. The van der Waals surface area contributed by atoms with Gasteiger partial charge in [0, 0.05) is 31.4 Å². The first-order valence-electron chi connectivity index (χ1n) is 9.29. The minimum absolute atomic E-state index is 0.0280. The molecule has 3 N–H and O–H groups in total. The lowest BCUT2D eigenvalue weighted by Gasteiger charge is -2.33. The molecule has 2 aromatic carbocycles. The maximum absolute atomic E-state index is 13.1. The normalized spacial score (nSPS) is 17.1. The number of hydrogen-bond donors (Lipinski definition) is 3. The van der Waals surface area contributed by atoms with Gasteiger partial charge in [-0.05, 0) is 36.4 Å². The minimum atomic E-state index is -4.03. The molecule has 1 fully saturated rings. The van der Waals surface area contributed by atoms with Crippen LogP contribution in [0.1, 0.15) is 13.3 Å². The Morgan fingerprint density at radius 3 is 2.30 bits per heavy atom. The molecular formula is C20H22N4O5S. The van der Waals surface area contributed by atoms with Gasteiger partial charge >= 0.3 is 0 Å². The summed E-state index contributed by atoms with van der Waals surface area (Å²) >= 11 is 0. The number of rotatable bonds is 6. The van der Waals surface area contributed by atoms with Crippen LogP contribution in [0.15, 0.2) is 59.5 Å². The maximum Gasteiger partial charge on any atom is 0.243 e. The highest BCUT2D eigenvalue weighted by molar-refractivity contribution is 7.89. The molecule has 0 saturated carbocycles. The molecule has 1 aliphatic heterocycles. The van der Waals surface area contributed by atoms with Crippen LogP contribution in [-0.4, -0.2) is 49.6 Å². The SMILES string of the molecule is CC(=O)Nc1ccc(S(=O)(=O)N2CCNC(=O)C2CC(=O)Nc2ccccc2)cc1. The lowest BCUT2D eigenvalue weighted by Crippen LogP contribution is -2.57. The van der Waals surface area contributed by atoms with Crippen LogP contribution >= 0.6 is 0 Å². The van der Waals surface area contributed by atoms with Gasteiger partial charge in [0.15, 0.2) is 0 Å². The Hall–Kier alpha value is -3.24. The summed E-state index contributed by atoms with van der Waals surface area (Å²) in [6.45, 7) is 1.55. The van der Waals surface area contributed by atoms with Crippen LogP contribution in [0.4, 0.5) is 11.4 Å². The van der Waals surface area contributed by atoms with E-state index < -0.39 is 27.9 Å². The highest BCUT2D eigenvalue weighted by atomic mass is 32.2. The molecule has 2 aromatic rings. The second-order valence-electron chi connectivity index (χ2n) is 6.75. The van der Waals surface area contributed by atoms with E-state index in [0.29, 0.717) is 11.4 Å². The van der Waals surface area contributed by atoms with Gasteiger partial charge in [0.1, 0.15) is 6.04 Å². The van der Waals surface area contributed by atoms with Gasteiger partial charge < -0.3 is 16.0 Å².